The summed E-state index contributed by atoms with van der Waals surface area (Å²) in [6.45, 7) is 1.21. The lowest BCUT2D eigenvalue weighted by atomic mass is 10.3. The van der Waals surface area contributed by atoms with Gasteiger partial charge in [-0.15, -0.1) is 24.0 Å². The van der Waals surface area contributed by atoms with Gasteiger partial charge in [-0.1, -0.05) is 11.6 Å². The van der Waals surface area contributed by atoms with Crippen LogP contribution in [0.5, 0.6) is 0 Å². The smallest absolute Gasteiger partial charge is 0.243 e. The average Bonchev–Trinajstić information content (AvgIpc) is 3.22. The molecule has 0 radical (unpaired) electrons. The molecule has 0 saturated carbocycles. The Bertz CT molecular complexity index is 745. The molecule has 2 heterocycles. The molecule has 150 valence electrons. The van der Waals surface area contributed by atoms with Gasteiger partial charge in [0.25, 0.3) is 0 Å². The topological polar surface area (TPSA) is 78.9 Å². The summed E-state index contributed by atoms with van der Waals surface area (Å²) in [5, 5.41) is 3.84. The van der Waals surface area contributed by atoms with Crippen molar-refractivity contribution in [2.24, 2.45) is 12.0 Å². The summed E-state index contributed by atoms with van der Waals surface area (Å²) in [4.78, 5) is 24.0. The number of nitrogens with zero attached hydrogens (tertiary/aromatic N) is 5. The highest BCUT2D eigenvalue weighted by Crippen LogP contribution is 2.10. The van der Waals surface area contributed by atoms with Crippen molar-refractivity contribution in [1.82, 2.24) is 24.7 Å². The molecular formula is C17H26ClIN6O2. The normalized spacial score (nSPS) is 11.1. The fraction of sp³-hybridized carbons (Fsp3) is 0.471. The van der Waals surface area contributed by atoms with E-state index in [1.165, 1.54) is 4.90 Å². The highest BCUT2D eigenvalue weighted by Gasteiger charge is 2.13. The minimum absolute atomic E-state index is 0. The van der Waals surface area contributed by atoms with Gasteiger partial charge < -0.3 is 24.1 Å². The van der Waals surface area contributed by atoms with Crippen LogP contribution >= 0.6 is 35.6 Å². The quantitative estimate of drug-likeness (QED) is 0.352. The summed E-state index contributed by atoms with van der Waals surface area (Å²) in [6, 6.07) is 3.78. The van der Waals surface area contributed by atoms with Crippen LogP contribution in [0.15, 0.2) is 34.0 Å². The fourth-order valence-electron chi connectivity index (χ4n) is 2.21. The molecule has 0 aromatic carbocycles. The number of carbonyl (C=O) groups is 1. The van der Waals surface area contributed by atoms with Crippen molar-refractivity contribution in [3.63, 3.8) is 0 Å². The number of carbonyl (C=O) groups excluding carboxylic acids is 1. The number of hydrogen-bond donors (Lipinski definition) is 1. The molecule has 27 heavy (non-hydrogen) atoms. The largest absolute Gasteiger partial charge is 0.469 e. The lowest BCUT2D eigenvalue weighted by Gasteiger charge is -2.22. The zero-order valence-electron chi connectivity index (χ0n) is 16.0. The first-order chi connectivity index (χ1) is 12.4. The predicted octanol–water partition coefficient (Wildman–Crippen LogP) is 1.99. The van der Waals surface area contributed by atoms with Gasteiger partial charge in [-0.25, -0.2) is 9.98 Å². The van der Waals surface area contributed by atoms with E-state index in [0.717, 1.165) is 18.0 Å². The predicted molar refractivity (Wildman–Crippen MR) is 117 cm³/mol. The zero-order valence-corrected chi connectivity index (χ0v) is 19.1. The van der Waals surface area contributed by atoms with E-state index in [0.29, 0.717) is 24.2 Å². The SMILES string of the molecule is CN(C)C(=O)CN=C(NCCc1ccco1)N(C)Cc1ncc(Cl)n1C.I. The monoisotopic (exact) mass is 508 g/mol. The summed E-state index contributed by atoms with van der Waals surface area (Å²) < 4.78 is 7.15. The van der Waals surface area contributed by atoms with Crippen LogP contribution in [0.3, 0.4) is 0 Å². The molecule has 0 saturated heterocycles. The number of aromatic nitrogens is 2. The van der Waals surface area contributed by atoms with Gasteiger partial charge in [0, 0.05) is 41.2 Å². The van der Waals surface area contributed by atoms with Gasteiger partial charge in [0.15, 0.2) is 5.96 Å². The molecule has 0 spiro atoms. The first kappa shape index (κ1) is 23.3. The standard InChI is InChI=1S/C17H25ClN6O2.HI/c1-22(2)16(25)11-21-17(19-8-7-13-6-5-9-26-13)23(3)12-15-20-10-14(18)24(15)4;/h5-6,9-10H,7-8,11-12H2,1-4H3,(H,19,21);1H. The van der Waals surface area contributed by atoms with Crippen LogP contribution in [0, 0.1) is 0 Å². The molecule has 0 aliphatic carbocycles. The number of rotatable bonds is 7. The molecule has 2 aromatic heterocycles. The van der Waals surface area contributed by atoms with Crippen LogP contribution in [-0.2, 0) is 24.8 Å². The number of halogens is 2. The number of amides is 1. The average molecular weight is 509 g/mol. The zero-order chi connectivity index (χ0) is 19.1. The Labute approximate surface area is 181 Å². The van der Waals surface area contributed by atoms with Crippen molar-refractivity contribution in [3.05, 3.63) is 41.3 Å². The van der Waals surface area contributed by atoms with E-state index in [1.807, 2.05) is 35.7 Å². The molecule has 8 nitrogen and oxygen atoms in total. The van der Waals surface area contributed by atoms with Crippen molar-refractivity contribution >= 4 is 47.4 Å². The maximum absolute atomic E-state index is 11.9. The molecule has 0 aliphatic heterocycles. The molecule has 0 fully saturated rings. The number of likely N-dealkylation sites (N-methyl/N-ethyl adjacent to an activating group) is 1. The highest BCUT2D eigenvalue weighted by atomic mass is 127. The Kier molecular flexibility index (Phi) is 9.64. The summed E-state index contributed by atoms with van der Waals surface area (Å²) >= 11 is 6.05. The summed E-state index contributed by atoms with van der Waals surface area (Å²) in [5.41, 5.74) is 0. The maximum atomic E-state index is 11.9. The molecule has 2 aromatic rings. The first-order valence-electron chi connectivity index (χ1n) is 8.26. The molecule has 0 bridgehead atoms. The minimum atomic E-state index is -0.0660. The number of furan rings is 1. The summed E-state index contributed by atoms with van der Waals surface area (Å²) in [7, 11) is 7.17. The van der Waals surface area contributed by atoms with Crippen molar-refractivity contribution < 1.29 is 9.21 Å². The Morgan fingerprint density at radius 3 is 2.70 bits per heavy atom. The number of aliphatic imine (C=N–C) groups is 1. The van der Waals surface area contributed by atoms with Gasteiger partial charge in [0.05, 0.1) is 19.0 Å². The third-order valence-electron chi connectivity index (χ3n) is 3.87. The van der Waals surface area contributed by atoms with E-state index < -0.39 is 0 Å². The molecule has 0 unspecified atom stereocenters. The van der Waals surface area contributed by atoms with E-state index in [1.54, 1.807) is 26.6 Å². The van der Waals surface area contributed by atoms with Crippen LogP contribution in [0.25, 0.3) is 0 Å². The number of imidazole rings is 1. The molecule has 0 atom stereocenters. The number of guanidine groups is 1. The summed E-state index contributed by atoms with van der Waals surface area (Å²) in [6.07, 6.45) is 3.98. The van der Waals surface area contributed by atoms with E-state index in [2.05, 4.69) is 15.3 Å². The van der Waals surface area contributed by atoms with Crippen molar-refractivity contribution in [1.29, 1.82) is 0 Å². The van der Waals surface area contributed by atoms with Crippen LogP contribution in [-0.4, -0.2) is 65.5 Å². The van der Waals surface area contributed by atoms with Gasteiger partial charge in [0.1, 0.15) is 23.3 Å². The molecule has 0 aliphatic rings. The number of nitrogens with one attached hydrogen (secondary N) is 1. The lowest BCUT2D eigenvalue weighted by Crippen LogP contribution is -2.40. The van der Waals surface area contributed by atoms with E-state index in [4.69, 9.17) is 16.0 Å². The van der Waals surface area contributed by atoms with Gasteiger partial charge in [-0.05, 0) is 12.1 Å². The molecule has 2 rings (SSSR count). The Hall–Kier alpha value is -1.75. The van der Waals surface area contributed by atoms with Gasteiger partial charge in [0.2, 0.25) is 5.91 Å². The van der Waals surface area contributed by atoms with E-state index in [9.17, 15) is 4.79 Å². The van der Waals surface area contributed by atoms with Gasteiger partial charge in [-0.3, -0.25) is 4.79 Å². The molecule has 1 amide bonds. The van der Waals surface area contributed by atoms with E-state index >= 15 is 0 Å². The fourth-order valence-corrected chi connectivity index (χ4v) is 2.35. The maximum Gasteiger partial charge on any atom is 0.243 e. The Morgan fingerprint density at radius 2 is 2.15 bits per heavy atom. The van der Waals surface area contributed by atoms with Crippen molar-refractivity contribution in [2.75, 3.05) is 34.2 Å². The van der Waals surface area contributed by atoms with Gasteiger partial charge in [-0.2, -0.15) is 0 Å². The minimum Gasteiger partial charge on any atom is -0.469 e. The van der Waals surface area contributed by atoms with Crippen LogP contribution in [0.1, 0.15) is 11.6 Å². The van der Waals surface area contributed by atoms with Crippen LogP contribution < -0.4 is 5.32 Å². The van der Waals surface area contributed by atoms with E-state index in [-0.39, 0.29) is 36.4 Å². The lowest BCUT2D eigenvalue weighted by molar-refractivity contribution is -0.127. The van der Waals surface area contributed by atoms with Crippen molar-refractivity contribution in [2.45, 2.75) is 13.0 Å². The molecular weight excluding hydrogens is 483 g/mol. The number of hydrogen-bond acceptors (Lipinski definition) is 4. The summed E-state index contributed by atoms with van der Waals surface area (Å²) in [5.74, 6) is 2.24. The second-order valence-corrected chi connectivity index (χ2v) is 6.48. The molecule has 10 heteroatoms. The Balaban J connectivity index is 0.00000364. The van der Waals surface area contributed by atoms with Crippen LogP contribution in [0.4, 0.5) is 0 Å². The van der Waals surface area contributed by atoms with Crippen LogP contribution in [0.2, 0.25) is 5.15 Å². The second-order valence-electron chi connectivity index (χ2n) is 6.10. The highest BCUT2D eigenvalue weighted by molar-refractivity contribution is 14.0. The third-order valence-corrected chi connectivity index (χ3v) is 4.22. The molecule has 1 N–H and O–H groups in total. The van der Waals surface area contributed by atoms with Crippen molar-refractivity contribution in [3.8, 4) is 0 Å². The van der Waals surface area contributed by atoms with Gasteiger partial charge >= 0.3 is 0 Å². The third kappa shape index (κ3) is 7.06. The first-order valence-corrected chi connectivity index (χ1v) is 8.64. The Morgan fingerprint density at radius 1 is 1.41 bits per heavy atom. The second kappa shape index (κ2) is 11.2.